The fourth-order valence-corrected chi connectivity index (χ4v) is 4.79. The molecule has 19 heavy (non-hydrogen) atoms. The zero-order valence-electron chi connectivity index (χ0n) is 12.6. The number of rotatable bonds is 4. The molecule has 0 bridgehead atoms. The molecule has 3 saturated heterocycles. The van der Waals surface area contributed by atoms with Crippen molar-refractivity contribution in [1.82, 2.24) is 14.7 Å². The molecule has 3 aliphatic heterocycles. The Balaban J connectivity index is 1.67. The zero-order chi connectivity index (χ0) is 13.5. The first-order chi connectivity index (χ1) is 9.15. The van der Waals surface area contributed by atoms with E-state index in [1.54, 1.807) is 0 Å². The molecule has 0 aromatic carbocycles. The molecule has 3 atom stereocenters. The van der Waals surface area contributed by atoms with Crippen LogP contribution in [0.5, 0.6) is 0 Å². The summed E-state index contributed by atoms with van der Waals surface area (Å²) in [5, 5.41) is 0. The predicted octanol–water partition coefficient (Wildman–Crippen LogP) is 0.436. The molecule has 0 aliphatic carbocycles. The first-order valence-corrected chi connectivity index (χ1v) is 7.99. The Morgan fingerprint density at radius 3 is 2.79 bits per heavy atom. The van der Waals surface area contributed by atoms with Gasteiger partial charge in [0.25, 0.3) is 0 Å². The van der Waals surface area contributed by atoms with Crippen molar-refractivity contribution in [3.63, 3.8) is 0 Å². The highest BCUT2D eigenvalue weighted by Gasteiger charge is 2.50. The zero-order valence-corrected chi connectivity index (χ0v) is 12.6. The van der Waals surface area contributed by atoms with Gasteiger partial charge in [-0.15, -0.1) is 0 Å². The van der Waals surface area contributed by atoms with Gasteiger partial charge in [0.2, 0.25) is 0 Å². The highest BCUT2D eigenvalue weighted by molar-refractivity contribution is 5.09. The highest BCUT2D eigenvalue weighted by atomic mass is 15.3. The van der Waals surface area contributed by atoms with Crippen LogP contribution in [0.2, 0.25) is 0 Å². The third kappa shape index (κ3) is 2.33. The maximum Gasteiger partial charge on any atom is 0.0496 e. The standard InChI is InChI=1S/C15H30N4/c1-17-8-5-13(10-17)11-18(2)15(12-16)6-9-19-7-3-4-14(15)19/h13-14H,3-12,16H2,1-2H3. The molecule has 0 saturated carbocycles. The Morgan fingerprint density at radius 2 is 2.11 bits per heavy atom. The molecular formula is C15H30N4. The summed E-state index contributed by atoms with van der Waals surface area (Å²) < 4.78 is 0. The summed E-state index contributed by atoms with van der Waals surface area (Å²) in [5.41, 5.74) is 6.51. The molecule has 110 valence electrons. The van der Waals surface area contributed by atoms with E-state index in [-0.39, 0.29) is 5.54 Å². The monoisotopic (exact) mass is 266 g/mol. The summed E-state index contributed by atoms with van der Waals surface area (Å²) in [4.78, 5) is 7.78. The quantitative estimate of drug-likeness (QED) is 0.801. The maximum atomic E-state index is 6.25. The van der Waals surface area contributed by atoms with Crippen molar-refractivity contribution in [2.75, 3.05) is 53.4 Å². The minimum atomic E-state index is 0.262. The number of fused-ring (bicyclic) bond motifs is 1. The molecule has 0 aromatic heterocycles. The summed E-state index contributed by atoms with van der Waals surface area (Å²) >= 11 is 0. The van der Waals surface area contributed by atoms with Gasteiger partial charge in [-0.25, -0.2) is 0 Å². The molecular weight excluding hydrogens is 236 g/mol. The van der Waals surface area contributed by atoms with Gasteiger partial charge in [0.15, 0.2) is 0 Å². The normalized spacial score (nSPS) is 40.4. The summed E-state index contributed by atoms with van der Waals surface area (Å²) in [6, 6.07) is 0.724. The van der Waals surface area contributed by atoms with Crippen LogP contribution in [-0.4, -0.2) is 79.6 Å². The largest absolute Gasteiger partial charge is 0.329 e. The van der Waals surface area contributed by atoms with Crippen LogP contribution in [0.3, 0.4) is 0 Å². The smallest absolute Gasteiger partial charge is 0.0496 e. The van der Waals surface area contributed by atoms with Gasteiger partial charge in [0.1, 0.15) is 0 Å². The number of nitrogens with two attached hydrogens (primary N) is 1. The second-order valence-electron chi connectivity index (χ2n) is 7.05. The average Bonchev–Trinajstić information content (AvgIpc) is 3.05. The van der Waals surface area contributed by atoms with Crippen LogP contribution < -0.4 is 5.73 Å². The number of nitrogens with zero attached hydrogens (tertiary/aromatic N) is 3. The minimum absolute atomic E-state index is 0.262. The van der Waals surface area contributed by atoms with E-state index in [0.717, 1.165) is 18.5 Å². The van der Waals surface area contributed by atoms with Gasteiger partial charge in [-0.3, -0.25) is 9.80 Å². The van der Waals surface area contributed by atoms with Crippen LogP contribution in [0.15, 0.2) is 0 Å². The Labute approximate surface area is 117 Å². The molecule has 3 aliphatic rings. The Morgan fingerprint density at radius 1 is 1.26 bits per heavy atom. The van der Waals surface area contributed by atoms with Gasteiger partial charge in [-0.05, 0) is 58.8 Å². The van der Waals surface area contributed by atoms with E-state index in [1.165, 1.54) is 58.4 Å². The maximum absolute atomic E-state index is 6.25. The summed E-state index contributed by atoms with van der Waals surface area (Å²) in [6.07, 6.45) is 5.35. The molecule has 4 heteroatoms. The molecule has 4 nitrogen and oxygen atoms in total. The fraction of sp³-hybridized carbons (Fsp3) is 1.00. The molecule has 3 heterocycles. The first-order valence-electron chi connectivity index (χ1n) is 7.99. The van der Waals surface area contributed by atoms with Crippen LogP contribution in [0.1, 0.15) is 25.7 Å². The highest BCUT2D eigenvalue weighted by Crippen LogP contribution is 2.39. The van der Waals surface area contributed by atoms with Crippen LogP contribution in [0.4, 0.5) is 0 Å². The summed E-state index contributed by atoms with van der Waals surface area (Å²) in [7, 11) is 4.57. The summed E-state index contributed by atoms with van der Waals surface area (Å²) in [5.74, 6) is 0.842. The molecule has 0 radical (unpaired) electrons. The molecule has 0 spiro atoms. The van der Waals surface area contributed by atoms with E-state index in [1.807, 2.05) is 0 Å². The van der Waals surface area contributed by atoms with Gasteiger partial charge >= 0.3 is 0 Å². The first kappa shape index (κ1) is 13.8. The third-order valence-corrected chi connectivity index (χ3v) is 5.95. The van der Waals surface area contributed by atoms with Gasteiger partial charge in [-0.1, -0.05) is 0 Å². The Bertz CT molecular complexity index is 321. The number of likely N-dealkylation sites (tertiary alicyclic amines) is 1. The fourth-order valence-electron chi connectivity index (χ4n) is 4.79. The van der Waals surface area contributed by atoms with E-state index in [4.69, 9.17) is 5.73 Å². The van der Waals surface area contributed by atoms with Crippen LogP contribution in [0, 0.1) is 5.92 Å². The Kier molecular flexibility index (Phi) is 3.87. The lowest BCUT2D eigenvalue weighted by atomic mass is 9.86. The van der Waals surface area contributed by atoms with Crippen molar-refractivity contribution in [2.45, 2.75) is 37.3 Å². The SMILES string of the molecule is CN1CCC(CN(C)C2(CN)CCN3CCCC32)C1. The van der Waals surface area contributed by atoms with Crippen molar-refractivity contribution in [3.8, 4) is 0 Å². The van der Waals surface area contributed by atoms with Crippen molar-refractivity contribution < 1.29 is 0 Å². The molecule has 0 aromatic rings. The van der Waals surface area contributed by atoms with Crippen LogP contribution in [0.25, 0.3) is 0 Å². The van der Waals surface area contributed by atoms with E-state index >= 15 is 0 Å². The molecule has 3 fully saturated rings. The third-order valence-electron chi connectivity index (χ3n) is 5.95. The van der Waals surface area contributed by atoms with Gasteiger partial charge < -0.3 is 10.6 Å². The van der Waals surface area contributed by atoms with Crippen molar-refractivity contribution >= 4 is 0 Å². The number of hydrogen-bond acceptors (Lipinski definition) is 4. The lowest BCUT2D eigenvalue weighted by Crippen LogP contribution is -2.59. The predicted molar refractivity (Wildman–Crippen MR) is 79.2 cm³/mol. The second kappa shape index (κ2) is 5.32. The molecule has 0 amide bonds. The van der Waals surface area contributed by atoms with Gasteiger partial charge in [0.05, 0.1) is 0 Å². The van der Waals surface area contributed by atoms with Crippen molar-refractivity contribution in [2.24, 2.45) is 11.7 Å². The van der Waals surface area contributed by atoms with Crippen molar-refractivity contribution in [3.05, 3.63) is 0 Å². The van der Waals surface area contributed by atoms with Crippen LogP contribution >= 0.6 is 0 Å². The van der Waals surface area contributed by atoms with E-state index < -0.39 is 0 Å². The lowest BCUT2D eigenvalue weighted by Gasteiger charge is -2.43. The lowest BCUT2D eigenvalue weighted by molar-refractivity contribution is 0.0766. The van der Waals surface area contributed by atoms with Gasteiger partial charge in [0, 0.05) is 37.8 Å². The average molecular weight is 266 g/mol. The van der Waals surface area contributed by atoms with E-state index in [0.29, 0.717) is 0 Å². The summed E-state index contributed by atoms with van der Waals surface area (Å²) in [6.45, 7) is 7.14. The van der Waals surface area contributed by atoms with E-state index in [9.17, 15) is 0 Å². The van der Waals surface area contributed by atoms with Gasteiger partial charge in [-0.2, -0.15) is 0 Å². The minimum Gasteiger partial charge on any atom is -0.329 e. The molecule has 3 unspecified atom stereocenters. The topological polar surface area (TPSA) is 35.7 Å². The van der Waals surface area contributed by atoms with Crippen LogP contribution in [-0.2, 0) is 0 Å². The second-order valence-corrected chi connectivity index (χ2v) is 7.05. The number of hydrogen-bond donors (Lipinski definition) is 1. The van der Waals surface area contributed by atoms with Crippen molar-refractivity contribution in [1.29, 1.82) is 0 Å². The van der Waals surface area contributed by atoms with E-state index in [2.05, 4.69) is 28.8 Å². The molecule has 2 N–H and O–H groups in total. The number of likely N-dealkylation sites (N-methyl/N-ethyl adjacent to an activating group) is 1. The molecule has 3 rings (SSSR count). The Hall–Kier alpha value is -0.160.